The summed E-state index contributed by atoms with van der Waals surface area (Å²) in [6.45, 7) is 0. The second-order valence-corrected chi connectivity index (χ2v) is 5.17. The van der Waals surface area contributed by atoms with Crippen LogP contribution in [0.5, 0.6) is 0 Å². The van der Waals surface area contributed by atoms with E-state index in [2.05, 4.69) is 31.5 Å². The van der Waals surface area contributed by atoms with E-state index >= 15 is 0 Å². The van der Waals surface area contributed by atoms with Crippen LogP contribution < -0.4 is 10.6 Å². The molecule has 6 nitrogen and oxygen atoms in total. The molecular weight excluding hydrogens is 334 g/mol. The van der Waals surface area contributed by atoms with Gasteiger partial charge in [0.05, 0.1) is 5.56 Å². The van der Waals surface area contributed by atoms with Crippen LogP contribution in [0.2, 0.25) is 0 Å². The molecule has 0 spiro atoms. The number of anilines is 2. The maximum Gasteiger partial charge on any atom is 0.336 e. The standard InChI is InChI=1S/C11H8BrN3O3S/c12-8-2-1-6(5-7(8)9(16)17)14-10(18)15-11-13-3-4-19-11/h1-5H,(H,16,17)(H2,13,14,15,18). The van der Waals surface area contributed by atoms with Crippen molar-refractivity contribution in [1.82, 2.24) is 4.98 Å². The van der Waals surface area contributed by atoms with Gasteiger partial charge in [-0.25, -0.2) is 14.6 Å². The molecule has 0 aliphatic heterocycles. The molecule has 2 amide bonds. The van der Waals surface area contributed by atoms with Crippen molar-refractivity contribution >= 4 is 50.1 Å². The molecule has 0 saturated heterocycles. The van der Waals surface area contributed by atoms with Crippen LogP contribution >= 0.6 is 27.3 Å². The minimum atomic E-state index is -1.07. The molecule has 3 N–H and O–H groups in total. The average molecular weight is 342 g/mol. The van der Waals surface area contributed by atoms with Crippen LogP contribution in [0.25, 0.3) is 0 Å². The predicted octanol–water partition coefficient (Wildman–Crippen LogP) is 3.25. The Hall–Kier alpha value is -1.93. The third-order valence-electron chi connectivity index (χ3n) is 2.11. The number of hydrogen-bond acceptors (Lipinski definition) is 4. The molecule has 0 aliphatic rings. The Bertz CT molecular complexity index is 616. The summed E-state index contributed by atoms with van der Waals surface area (Å²) in [5.41, 5.74) is 0.460. The lowest BCUT2D eigenvalue weighted by atomic mass is 10.2. The van der Waals surface area contributed by atoms with Crippen molar-refractivity contribution in [1.29, 1.82) is 0 Å². The lowest BCUT2D eigenvalue weighted by Crippen LogP contribution is -2.19. The van der Waals surface area contributed by atoms with Crippen molar-refractivity contribution in [2.45, 2.75) is 0 Å². The molecule has 8 heteroatoms. The number of nitrogens with zero attached hydrogens (tertiary/aromatic N) is 1. The number of aromatic nitrogens is 1. The number of nitrogens with one attached hydrogen (secondary N) is 2. The number of carbonyl (C=O) groups is 2. The van der Waals surface area contributed by atoms with Gasteiger partial charge in [0.15, 0.2) is 5.13 Å². The van der Waals surface area contributed by atoms with Gasteiger partial charge in [-0.15, -0.1) is 11.3 Å². The van der Waals surface area contributed by atoms with Crippen LogP contribution in [0.3, 0.4) is 0 Å². The number of benzene rings is 1. The third-order valence-corrected chi connectivity index (χ3v) is 3.49. The highest BCUT2D eigenvalue weighted by atomic mass is 79.9. The van der Waals surface area contributed by atoms with E-state index < -0.39 is 12.0 Å². The van der Waals surface area contributed by atoms with E-state index in [1.807, 2.05) is 0 Å². The molecule has 0 radical (unpaired) electrons. The molecule has 2 rings (SSSR count). The van der Waals surface area contributed by atoms with Gasteiger partial charge in [-0.1, -0.05) is 0 Å². The maximum atomic E-state index is 11.6. The Kier molecular flexibility index (Phi) is 4.13. The number of urea groups is 1. The number of rotatable bonds is 3. The Morgan fingerprint density at radius 3 is 2.74 bits per heavy atom. The molecule has 19 heavy (non-hydrogen) atoms. The van der Waals surface area contributed by atoms with Crippen LogP contribution in [0, 0.1) is 0 Å². The molecule has 0 atom stereocenters. The van der Waals surface area contributed by atoms with E-state index in [9.17, 15) is 9.59 Å². The molecule has 0 aliphatic carbocycles. The normalized spacial score (nSPS) is 9.95. The second-order valence-electron chi connectivity index (χ2n) is 3.42. The number of thiazole rings is 1. The summed E-state index contributed by atoms with van der Waals surface area (Å²) in [6, 6.07) is 4.04. The van der Waals surface area contributed by atoms with Gasteiger partial charge in [-0.3, -0.25) is 5.32 Å². The minimum absolute atomic E-state index is 0.0760. The Morgan fingerprint density at radius 1 is 1.32 bits per heavy atom. The van der Waals surface area contributed by atoms with Gasteiger partial charge in [0.1, 0.15) is 0 Å². The Morgan fingerprint density at radius 2 is 2.11 bits per heavy atom. The van der Waals surface area contributed by atoms with E-state index in [0.717, 1.165) is 0 Å². The van der Waals surface area contributed by atoms with Crippen LogP contribution in [0.15, 0.2) is 34.2 Å². The van der Waals surface area contributed by atoms with Crippen molar-refractivity contribution in [3.05, 3.63) is 39.8 Å². The summed E-state index contributed by atoms with van der Waals surface area (Å²) in [4.78, 5) is 26.5. The number of amides is 2. The molecule has 0 unspecified atom stereocenters. The molecule has 1 aromatic carbocycles. The number of carboxylic acid groups (broad SMARTS) is 1. The first-order valence-corrected chi connectivity index (χ1v) is 6.74. The average Bonchev–Trinajstić information content (AvgIpc) is 2.84. The summed E-state index contributed by atoms with van der Waals surface area (Å²) in [7, 11) is 0. The van der Waals surface area contributed by atoms with E-state index in [0.29, 0.717) is 15.3 Å². The Labute approximate surface area is 120 Å². The summed E-state index contributed by atoms with van der Waals surface area (Å²) in [6.07, 6.45) is 1.57. The summed E-state index contributed by atoms with van der Waals surface area (Å²) < 4.78 is 0.450. The topological polar surface area (TPSA) is 91.3 Å². The fraction of sp³-hybridized carbons (Fsp3) is 0. The largest absolute Gasteiger partial charge is 0.478 e. The zero-order valence-electron chi connectivity index (χ0n) is 9.38. The van der Waals surface area contributed by atoms with Gasteiger partial charge in [-0.05, 0) is 34.1 Å². The summed E-state index contributed by atoms with van der Waals surface area (Å²) >= 11 is 4.42. The van der Waals surface area contributed by atoms with Crippen molar-refractivity contribution < 1.29 is 14.7 Å². The van der Waals surface area contributed by atoms with Gasteiger partial charge in [0, 0.05) is 21.7 Å². The molecule has 1 heterocycles. The maximum absolute atomic E-state index is 11.6. The number of carboxylic acids is 1. The first-order valence-electron chi connectivity index (χ1n) is 5.06. The van der Waals surface area contributed by atoms with E-state index in [1.165, 1.54) is 17.4 Å². The van der Waals surface area contributed by atoms with Crippen molar-refractivity contribution in [3.63, 3.8) is 0 Å². The lowest BCUT2D eigenvalue weighted by molar-refractivity contribution is 0.0696. The van der Waals surface area contributed by atoms with Crippen molar-refractivity contribution in [2.24, 2.45) is 0 Å². The number of hydrogen-bond donors (Lipinski definition) is 3. The first-order chi connectivity index (χ1) is 9.06. The highest BCUT2D eigenvalue weighted by molar-refractivity contribution is 9.10. The van der Waals surface area contributed by atoms with Crippen LogP contribution in [-0.2, 0) is 0 Å². The number of halogens is 1. The smallest absolute Gasteiger partial charge is 0.336 e. The number of aromatic carboxylic acids is 1. The molecule has 98 valence electrons. The van der Waals surface area contributed by atoms with Gasteiger partial charge in [0.2, 0.25) is 0 Å². The van der Waals surface area contributed by atoms with Crippen LogP contribution in [0.1, 0.15) is 10.4 Å². The molecule has 2 aromatic rings. The second kappa shape index (κ2) is 5.81. The predicted molar refractivity (Wildman–Crippen MR) is 75.9 cm³/mol. The Balaban J connectivity index is 2.09. The van der Waals surface area contributed by atoms with Gasteiger partial charge in [0.25, 0.3) is 0 Å². The summed E-state index contributed by atoms with van der Waals surface area (Å²) in [5, 5.41) is 16.2. The van der Waals surface area contributed by atoms with Gasteiger partial charge < -0.3 is 10.4 Å². The lowest BCUT2D eigenvalue weighted by Gasteiger charge is -2.07. The quantitative estimate of drug-likeness (QED) is 0.799. The molecule has 1 aromatic heterocycles. The van der Waals surface area contributed by atoms with Crippen molar-refractivity contribution in [2.75, 3.05) is 10.6 Å². The summed E-state index contributed by atoms with van der Waals surface area (Å²) in [5.74, 6) is -1.07. The van der Waals surface area contributed by atoms with Crippen LogP contribution in [-0.4, -0.2) is 22.1 Å². The number of carbonyl (C=O) groups excluding carboxylic acids is 1. The van der Waals surface area contributed by atoms with E-state index in [1.54, 1.807) is 23.7 Å². The molecular formula is C11H8BrN3O3S. The van der Waals surface area contributed by atoms with E-state index in [4.69, 9.17) is 5.11 Å². The van der Waals surface area contributed by atoms with Gasteiger partial charge >= 0.3 is 12.0 Å². The zero-order valence-corrected chi connectivity index (χ0v) is 11.8. The fourth-order valence-electron chi connectivity index (χ4n) is 1.31. The van der Waals surface area contributed by atoms with E-state index in [-0.39, 0.29) is 5.56 Å². The first kappa shape index (κ1) is 13.5. The van der Waals surface area contributed by atoms with Crippen molar-refractivity contribution in [3.8, 4) is 0 Å². The molecule has 0 bridgehead atoms. The molecule has 0 saturated carbocycles. The fourth-order valence-corrected chi connectivity index (χ4v) is 2.25. The minimum Gasteiger partial charge on any atom is -0.478 e. The SMILES string of the molecule is O=C(Nc1ccc(Br)c(C(=O)O)c1)Nc1nccs1. The highest BCUT2D eigenvalue weighted by Gasteiger charge is 2.10. The third kappa shape index (κ3) is 3.52. The monoisotopic (exact) mass is 341 g/mol. The zero-order chi connectivity index (χ0) is 13.8. The van der Waals surface area contributed by atoms with Crippen LogP contribution in [0.4, 0.5) is 15.6 Å². The molecule has 0 fully saturated rings. The van der Waals surface area contributed by atoms with Gasteiger partial charge in [-0.2, -0.15) is 0 Å². The highest BCUT2D eigenvalue weighted by Crippen LogP contribution is 2.21.